The molecule has 0 saturated carbocycles. The fourth-order valence-corrected chi connectivity index (χ4v) is 2.81. The standard InChI is InChI=1S/C16H17N5O/c1-20-6-4-13(19-20)11-21-7-5-14-12(10-21)9-17-16(18-14)15-3-2-8-22-15/h2-4,6,8-9H,5,7,10-11H2,1H3. The Bertz CT molecular complexity index is 778. The van der Waals surface area contributed by atoms with E-state index in [9.17, 15) is 0 Å². The van der Waals surface area contributed by atoms with Crippen molar-refractivity contribution >= 4 is 0 Å². The van der Waals surface area contributed by atoms with Crippen molar-refractivity contribution in [2.45, 2.75) is 19.5 Å². The number of aromatic nitrogens is 4. The Morgan fingerprint density at radius 3 is 3.05 bits per heavy atom. The second-order valence-electron chi connectivity index (χ2n) is 5.58. The Kier molecular flexibility index (Phi) is 3.23. The van der Waals surface area contributed by atoms with Gasteiger partial charge in [0.15, 0.2) is 11.6 Å². The van der Waals surface area contributed by atoms with E-state index in [1.807, 2.05) is 36.3 Å². The molecule has 0 N–H and O–H groups in total. The second-order valence-corrected chi connectivity index (χ2v) is 5.58. The largest absolute Gasteiger partial charge is 0.461 e. The van der Waals surface area contributed by atoms with Crippen LogP contribution < -0.4 is 0 Å². The lowest BCUT2D eigenvalue weighted by molar-refractivity contribution is 0.239. The van der Waals surface area contributed by atoms with E-state index in [1.165, 1.54) is 5.56 Å². The van der Waals surface area contributed by atoms with E-state index in [0.717, 1.165) is 43.2 Å². The highest BCUT2D eigenvalue weighted by molar-refractivity contribution is 5.46. The lowest BCUT2D eigenvalue weighted by Crippen LogP contribution is -2.31. The van der Waals surface area contributed by atoms with Crippen LogP contribution in [0.5, 0.6) is 0 Å². The van der Waals surface area contributed by atoms with Crippen LogP contribution in [0.4, 0.5) is 0 Å². The molecule has 3 aromatic rings. The van der Waals surface area contributed by atoms with Crippen LogP contribution in [-0.4, -0.2) is 31.2 Å². The summed E-state index contributed by atoms with van der Waals surface area (Å²) < 4.78 is 7.21. The van der Waals surface area contributed by atoms with E-state index >= 15 is 0 Å². The molecule has 6 nitrogen and oxygen atoms in total. The third kappa shape index (κ3) is 2.53. The summed E-state index contributed by atoms with van der Waals surface area (Å²) in [5, 5.41) is 4.44. The first-order chi connectivity index (χ1) is 10.8. The third-order valence-corrected chi connectivity index (χ3v) is 3.91. The van der Waals surface area contributed by atoms with Crippen molar-refractivity contribution in [3.8, 4) is 11.6 Å². The zero-order chi connectivity index (χ0) is 14.9. The molecule has 1 aliphatic rings. The van der Waals surface area contributed by atoms with Gasteiger partial charge in [0.2, 0.25) is 0 Å². The molecule has 3 aromatic heterocycles. The maximum atomic E-state index is 5.37. The molecule has 0 bridgehead atoms. The summed E-state index contributed by atoms with van der Waals surface area (Å²) in [4.78, 5) is 11.5. The summed E-state index contributed by atoms with van der Waals surface area (Å²) in [6.45, 7) is 2.71. The molecule has 0 radical (unpaired) electrons. The number of rotatable bonds is 3. The maximum absolute atomic E-state index is 5.37. The molecule has 4 rings (SSSR count). The van der Waals surface area contributed by atoms with Gasteiger partial charge in [-0.2, -0.15) is 5.10 Å². The van der Waals surface area contributed by atoms with Crippen LogP contribution in [-0.2, 0) is 26.6 Å². The van der Waals surface area contributed by atoms with Gasteiger partial charge in [-0.3, -0.25) is 9.58 Å². The van der Waals surface area contributed by atoms with Crippen molar-refractivity contribution in [2.24, 2.45) is 7.05 Å². The molecular weight excluding hydrogens is 278 g/mol. The molecule has 22 heavy (non-hydrogen) atoms. The van der Waals surface area contributed by atoms with Crippen molar-refractivity contribution in [1.82, 2.24) is 24.6 Å². The van der Waals surface area contributed by atoms with E-state index in [0.29, 0.717) is 5.82 Å². The fourth-order valence-electron chi connectivity index (χ4n) is 2.81. The van der Waals surface area contributed by atoms with Crippen LogP contribution in [0.25, 0.3) is 11.6 Å². The Morgan fingerprint density at radius 1 is 1.32 bits per heavy atom. The van der Waals surface area contributed by atoms with Crippen molar-refractivity contribution in [3.63, 3.8) is 0 Å². The predicted octanol–water partition coefficient (Wildman–Crippen LogP) is 2.03. The van der Waals surface area contributed by atoms with Gasteiger partial charge >= 0.3 is 0 Å². The molecular formula is C16H17N5O. The smallest absolute Gasteiger partial charge is 0.195 e. The second kappa shape index (κ2) is 5.38. The minimum absolute atomic E-state index is 0.668. The normalized spacial score (nSPS) is 15.0. The number of fused-ring (bicyclic) bond motifs is 1. The highest BCUT2D eigenvalue weighted by atomic mass is 16.3. The molecule has 0 saturated heterocycles. The number of hydrogen-bond donors (Lipinski definition) is 0. The number of hydrogen-bond acceptors (Lipinski definition) is 5. The van der Waals surface area contributed by atoms with Crippen molar-refractivity contribution in [3.05, 3.63) is 53.8 Å². The number of nitrogens with zero attached hydrogens (tertiary/aromatic N) is 5. The average Bonchev–Trinajstić information content (AvgIpc) is 3.19. The van der Waals surface area contributed by atoms with E-state index in [1.54, 1.807) is 6.26 Å². The average molecular weight is 295 g/mol. The number of aryl methyl sites for hydroxylation is 1. The summed E-state index contributed by atoms with van der Waals surface area (Å²) in [5.74, 6) is 1.39. The molecule has 0 aliphatic carbocycles. The van der Waals surface area contributed by atoms with Crippen LogP contribution in [0.15, 0.2) is 41.3 Å². The molecule has 0 spiro atoms. The summed E-state index contributed by atoms with van der Waals surface area (Å²) in [6, 6.07) is 5.80. The molecule has 4 heterocycles. The third-order valence-electron chi connectivity index (χ3n) is 3.91. The first kappa shape index (κ1) is 13.2. The molecule has 1 aliphatic heterocycles. The topological polar surface area (TPSA) is 60.0 Å². The summed E-state index contributed by atoms with van der Waals surface area (Å²) >= 11 is 0. The van der Waals surface area contributed by atoms with E-state index in [-0.39, 0.29) is 0 Å². The molecule has 112 valence electrons. The molecule has 0 atom stereocenters. The van der Waals surface area contributed by atoms with Crippen LogP contribution in [0.3, 0.4) is 0 Å². The van der Waals surface area contributed by atoms with Gasteiger partial charge in [-0.1, -0.05) is 0 Å². The maximum Gasteiger partial charge on any atom is 0.195 e. The van der Waals surface area contributed by atoms with Gasteiger partial charge in [-0.25, -0.2) is 9.97 Å². The number of furan rings is 1. The van der Waals surface area contributed by atoms with Gasteiger partial charge in [0, 0.05) is 51.1 Å². The minimum atomic E-state index is 0.668. The van der Waals surface area contributed by atoms with Crippen LogP contribution in [0, 0.1) is 0 Å². The SMILES string of the molecule is Cn1ccc(CN2CCc3nc(-c4ccco4)ncc3C2)n1. The fraction of sp³-hybridized carbons (Fsp3) is 0.312. The Hall–Kier alpha value is -2.47. The van der Waals surface area contributed by atoms with Gasteiger partial charge in [0.25, 0.3) is 0 Å². The molecule has 6 heteroatoms. The van der Waals surface area contributed by atoms with E-state index < -0.39 is 0 Å². The van der Waals surface area contributed by atoms with Crippen LogP contribution in [0.1, 0.15) is 17.0 Å². The van der Waals surface area contributed by atoms with Gasteiger partial charge < -0.3 is 4.42 Å². The molecule has 0 unspecified atom stereocenters. The van der Waals surface area contributed by atoms with E-state index in [2.05, 4.69) is 26.0 Å². The summed E-state index contributed by atoms with van der Waals surface area (Å²) in [6.07, 6.45) is 6.47. The van der Waals surface area contributed by atoms with Crippen LogP contribution >= 0.6 is 0 Å². The summed E-state index contributed by atoms with van der Waals surface area (Å²) in [5.41, 5.74) is 3.41. The van der Waals surface area contributed by atoms with Gasteiger partial charge in [-0.05, 0) is 18.2 Å². The minimum Gasteiger partial charge on any atom is -0.461 e. The first-order valence-electron chi connectivity index (χ1n) is 7.37. The zero-order valence-corrected chi connectivity index (χ0v) is 12.4. The lowest BCUT2D eigenvalue weighted by atomic mass is 10.1. The van der Waals surface area contributed by atoms with E-state index in [4.69, 9.17) is 4.42 Å². The first-order valence-corrected chi connectivity index (χ1v) is 7.37. The van der Waals surface area contributed by atoms with Crippen LogP contribution in [0.2, 0.25) is 0 Å². The van der Waals surface area contributed by atoms with Crippen molar-refractivity contribution in [1.29, 1.82) is 0 Å². The monoisotopic (exact) mass is 295 g/mol. The van der Waals surface area contributed by atoms with Gasteiger partial charge in [-0.15, -0.1) is 0 Å². The lowest BCUT2D eigenvalue weighted by Gasteiger charge is -2.27. The van der Waals surface area contributed by atoms with Gasteiger partial charge in [0.1, 0.15) is 0 Å². The van der Waals surface area contributed by atoms with Crippen molar-refractivity contribution < 1.29 is 4.42 Å². The molecule has 0 amide bonds. The zero-order valence-electron chi connectivity index (χ0n) is 12.4. The Balaban J connectivity index is 1.52. The summed E-state index contributed by atoms with van der Waals surface area (Å²) in [7, 11) is 1.94. The quantitative estimate of drug-likeness (QED) is 0.740. The Morgan fingerprint density at radius 2 is 2.27 bits per heavy atom. The predicted molar refractivity (Wildman–Crippen MR) is 80.8 cm³/mol. The Labute approximate surface area is 128 Å². The van der Waals surface area contributed by atoms with Gasteiger partial charge in [0.05, 0.1) is 17.7 Å². The highest BCUT2D eigenvalue weighted by Gasteiger charge is 2.20. The molecule has 0 aromatic carbocycles. The molecule has 0 fully saturated rings. The highest BCUT2D eigenvalue weighted by Crippen LogP contribution is 2.22. The van der Waals surface area contributed by atoms with Crippen molar-refractivity contribution in [2.75, 3.05) is 6.54 Å².